The Hall–Kier alpha value is -0.370. The maximum Gasteiger partial charge on any atom is 0.0814 e. The van der Waals surface area contributed by atoms with Crippen LogP contribution in [0.25, 0.3) is 0 Å². The molecule has 0 atom stereocenters. The van der Waals surface area contributed by atoms with Crippen molar-refractivity contribution in [3.05, 3.63) is 0 Å². The number of hydrogen-bond donors (Lipinski definition) is 0. The molecule has 2 nitrogen and oxygen atoms in total. The standard InChI is InChI=1S/C5H11NO/c1-3-7-5-4-6-2/h4H,3,5H2,1-2H3. The molecule has 0 spiro atoms. The van der Waals surface area contributed by atoms with Crippen molar-refractivity contribution in [2.45, 2.75) is 6.92 Å². The second-order valence-corrected chi connectivity index (χ2v) is 1.10. The van der Waals surface area contributed by atoms with Crippen LogP contribution < -0.4 is 0 Å². The van der Waals surface area contributed by atoms with Crippen LogP contribution in [0.15, 0.2) is 4.99 Å². The van der Waals surface area contributed by atoms with Crippen LogP contribution in [0.4, 0.5) is 0 Å². The van der Waals surface area contributed by atoms with Gasteiger partial charge in [-0.25, -0.2) is 0 Å². The summed E-state index contributed by atoms with van der Waals surface area (Å²) in [5.41, 5.74) is 0. The summed E-state index contributed by atoms with van der Waals surface area (Å²) in [4.78, 5) is 3.72. The van der Waals surface area contributed by atoms with E-state index in [1.54, 1.807) is 13.3 Å². The predicted molar refractivity (Wildman–Crippen MR) is 30.9 cm³/mol. The molecule has 0 fully saturated rings. The van der Waals surface area contributed by atoms with Crippen LogP contribution in [-0.2, 0) is 4.74 Å². The van der Waals surface area contributed by atoms with E-state index in [1.807, 2.05) is 6.92 Å². The number of nitrogens with zero attached hydrogens (tertiary/aromatic N) is 1. The summed E-state index contributed by atoms with van der Waals surface area (Å²) in [7, 11) is 1.74. The van der Waals surface area contributed by atoms with E-state index in [-0.39, 0.29) is 0 Å². The monoisotopic (exact) mass is 101 g/mol. The molecule has 0 rings (SSSR count). The lowest BCUT2D eigenvalue weighted by atomic mass is 10.7. The van der Waals surface area contributed by atoms with Crippen molar-refractivity contribution in [3.8, 4) is 0 Å². The lowest BCUT2D eigenvalue weighted by Gasteiger charge is -1.88. The third-order valence-corrected chi connectivity index (χ3v) is 0.579. The van der Waals surface area contributed by atoms with Gasteiger partial charge in [-0.05, 0) is 6.92 Å². The minimum Gasteiger partial charge on any atom is -0.376 e. The molecule has 0 heterocycles. The highest BCUT2D eigenvalue weighted by atomic mass is 16.5. The number of ether oxygens (including phenoxy) is 1. The highest BCUT2D eigenvalue weighted by molar-refractivity contribution is 5.57. The van der Waals surface area contributed by atoms with Gasteiger partial charge in [-0.2, -0.15) is 0 Å². The van der Waals surface area contributed by atoms with Crippen molar-refractivity contribution >= 4 is 6.21 Å². The van der Waals surface area contributed by atoms with Gasteiger partial charge in [0.2, 0.25) is 0 Å². The van der Waals surface area contributed by atoms with E-state index in [1.165, 1.54) is 0 Å². The fourth-order valence-corrected chi connectivity index (χ4v) is 0.245. The minimum absolute atomic E-state index is 0.646. The maximum atomic E-state index is 4.92. The smallest absolute Gasteiger partial charge is 0.0814 e. The number of aliphatic imine (C=N–C) groups is 1. The van der Waals surface area contributed by atoms with Crippen LogP contribution >= 0.6 is 0 Å². The minimum atomic E-state index is 0.646. The molecule has 0 bridgehead atoms. The fraction of sp³-hybridized carbons (Fsp3) is 0.800. The molecule has 0 aliphatic heterocycles. The van der Waals surface area contributed by atoms with E-state index in [0.29, 0.717) is 6.61 Å². The Morgan fingerprint density at radius 1 is 1.71 bits per heavy atom. The summed E-state index contributed by atoms with van der Waals surface area (Å²) in [6, 6.07) is 0. The van der Waals surface area contributed by atoms with Crippen LogP contribution in [-0.4, -0.2) is 26.5 Å². The zero-order valence-electron chi connectivity index (χ0n) is 4.85. The van der Waals surface area contributed by atoms with Crippen molar-refractivity contribution in [2.75, 3.05) is 20.3 Å². The molecule has 0 unspecified atom stereocenters. The van der Waals surface area contributed by atoms with Gasteiger partial charge in [0.1, 0.15) is 0 Å². The van der Waals surface area contributed by atoms with Gasteiger partial charge in [0.15, 0.2) is 0 Å². The second kappa shape index (κ2) is 5.63. The number of hydrogen-bond acceptors (Lipinski definition) is 2. The third kappa shape index (κ3) is 5.63. The van der Waals surface area contributed by atoms with Gasteiger partial charge in [-0.15, -0.1) is 0 Å². The van der Waals surface area contributed by atoms with Gasteiger partial charge < -0.3 is 4.74 Å². The predicted octanol–water partition coefficient (Wildman–Crippen LogP) is 0.724. The van der Waals surface area contributed by atoms with E-state index in [4.69, 9.17) is 4.74 Å². The molecule has 2 heteroatoms. The zero-order valence-corrected chi connectivity index (χ0v) is 4.85. The molecule has 0 aromatic rings. The van der Waals surface area contributed by atoms with E-state index in [9.17, 15) is 0 Å². The van der Waals surface area contributed by atoms with E-state index in [2.05, 4.69) is 4.99 Å². The average Bonchev–Trinajstić information content (AvgIpc) is 1.69. The first-order chi connectivity index (χ1) is 3.41. The Kier molecular flexibility index (Phi) is 5.33. The van der Waals surface area contributed by atoms with Crippen LogP contribution in [0, 0.1) is 0 Å². The summed E-state index contributed by atoms with van der Waals surface area (Å²) < 4.78 is 4.92. The van der Waals surface area contributed by atoms with Gasteiger partial charge >= 0.3 is 0 Å². The largest absolute Gasteiger partial charge is 0.376 e. The highest BCUT2D eigenvalue weighted by Crippen LogP contribution is 1.65. The van der Waals surface area contributed by atoms with Gasteiger partial charge in [-0.1, -0.05) is 0 Å². The molecular weight excluding hydrogens is 90.1 g/mol. The Morgan fingerprint density at radius 3 is 2.86 bits per heavy atom. The Labute approximate surface area is 44.2 Å². The van der Waals surface area contributed by atoms with Gasteiger partial charge in [0.25, 0.3) is 0 Å². The molecule has 0 aromatic carbocycles. The van der Waals surface area contributed by atoms with Gasteiger partial charge in [-0.3, -0.25) is 4.99 Å². The summed E-state index contributed by atoms with van der Waals surface area (Å²) in [6.45, 7) is 3.38. The molecule has 0 saturated heterocycles. The van der Waals surface area contributed by atoms with Crippen molar-refractivity contribution in [3.63, 3.8) is 0 Å². The number of rotatable bonds is 3. The summed E-state index contributed by atoms with van der Waals surface area (Å²) in [6.07, 6.45) is 1.74. The Morgan fingerprint density at radius 2 is 2.43 bits per heavy atom. The zero-order chi connectivity index (χ0) is 5.54. The lowest BCUT2D eigenvalue weighted by molar-refractivity contribution is 0.190. The first-order valence-corrected chi connectivity index (χ1v) is 2.40. The highest BCUT2D eigenvalue weighted by Gasteiger charge is 1.71. The summed E-state index contributed by atoms with van der Waals surface area (Å²) in [5.74, 6) is 0. The quantitative estimate of drug-likeness (QED) is 0.379. The van der Waals surface area contributed by atoms with Gasteiger partial charge in [0.05, 0.1) is 6.61 Å². The fourth-order valence-electron chi connectivity index (χ4n) is 0.245. The van der Waals surface area contributed by atoms with Crippen LogP contribution in [0.2, 0.25) is 0 Å². The van der Waals surface area contributed by atoms with E-state index >= 15 is 0 Å². The van der Waals surface area contributed by atoms with Crippen molar-refractivity contribution in [1.29, 1.82) is 0 Å². The lowest BCUT2D eigenvalue weighted by Crippen LogP contribution is -1.92. The summed E-state index contributed by atoms with van der Waals surface area (Å²) in [5, 5.41) is 0. The van der Waals surface area contributed by atoms with E-state index in [0.717, 1.165) is 6.61 Å². The first-order valence-electron chi connectivity index (χ1n) is 2.40. The van der Waals surface area contributed by atoms with Crippen molar-refractivity contribution in [2.24, 2.45) is 4.99 Å². The normalized spacial score (nSPS) is 10.6. The first kappa shape index (κ1) is 6.63. The molecule has 0 amide bonds. The van der Waals surface area contributed by atoms with Crippen molar-refractivity contribution < 1.29 is 4.74 Å². The third-order valence-electron chi connectivity index (χ3n) is 0.579. The SMILES string of the molecule is CCOCC=NC. The molecule has 0 aliphatic rings. The molecule has 0 N–H and O–H groups in total. The molecule has 7 heavy (non-hydrogen) atoms. The van der Waals surface area contributed by atoms with Crippen LogP contribution in [0.1, 0.15) is 6.92 Å². The van der Waals surface area contributed by atoms with E-state index < -0.39 is 0 Å². The average molecular weight is 101 g/mol. The molecule has 0 aromatic heterocycles. The Bertz CT molecular complexity index is 52.0. The molecule has 0 radical (unpaired) electrons. The van der Waals surface area contributed by atoms with Gasteiger partial charge in [0, 0.05) is 19.9 Å². The van der Waals surface area contributed by atoms with Crippen molar-refractivity contribution in [1.82, 2.24) is 0 Å². The topological polar surface area (TPSA) is 21.6 Å². The van der Waals surface area contributed by atoms with Crippen LogP contribution in [0.3, 0.4) is 0 Å². The molecule has 0 saturated carbocycles. The maximum absolute atomic E-state index is 4.92. The summed E-state index contributed by atoms with van der Waals surface area (Å²) >= 11 is 0. The van der Waals surface area contributed by atoms with Crippen LogP contribution in [0.5, 0.6) is 0 Å². The second-order valence-electron chi connectivity index (χ2n) is 1.10. The molecule has 0 aliphatic carbocycles. The Balaban J connectivity index is 2.69. The molecule has 42 valence electrons. The molecular formula is C5H11NO.